The molecule has 0 spiro atoms. The lowest BCUT2D eigenvalue weighted by Crippen LogP contribution is -1.96. The minimum absolute atomic E-state index is 0.0401. The van der Waals surface area contributed by atoms with Crippen molar-refractivity contribution in [3.63, 3.8) is 0 Å². The van der Waals surface area contributed by atoms with Gasteiger partial charge in [-0.25, -0.2) is 8.78 Å². The van der Waals surface area contributed by atoms with Gasteiger partial charge in [-0.2, -0.15) is 0 Å². The van der Waals surface area contributed by atoms with Crippen molar-refractivity contribution in [3.8, 4) is 0 Å². The number of hydrogen-bond acceptors (Lipinski definition) is 1. The molecule has 0 aromatic heterocycles. The number of aldehydes is 1. The zero-order valence-corrected chi connectivity index (χ0v) is 8.97. The van der Waals surface area contributed by atoms with E-state index in [0.29, 0.717) is 11.4 Å². The van der Waals surface area contributed by atoms with Gasteiger partial charge in [0.25, 0.3) is 6.43 Å². The van der Waals surface area contributed by atoms with E-state index in [4.69, 9.17) is 11.6 Å². The molecule has 0 aliphatic carbocycles. The maximum absolute atomic E-state index is 12.3. The number of benzene rings is 1. The molecule has 0 aliphatic heterocycles. The van der Waals surface area contributed by atoms with Gasteiger partial charge in [-0.1, -0.05) is 30.7 Å². The summed E-state index contributed by atoms with van der Waals surface area (Å²) in [6.45, 7) is 1.83. The van der Waals surface area contributed by atoms with Gasteiger partial charge >= 0.3 is 0 Å². The molecule has 1 rings (SSSR count). The van der Waals surface area contributed by atoms with Gasteiger partial charge in [0.15, 0.2) is 0 Å². The Morgan fingerprint density at radius 1 is 1.47 bits per heavy atom. The smallest absolute Gasteiger partial charge is 0.263 e. The number of halogens is 3. The third kappa shape index (κ3) is 2.99. The summed E-state index contributed by atoms with van der Waals surface area (Å²) < 4.78 is 24.6. The van der Waals surface area contributed by atoms with E-state index in [9.17, 15) is 13.6 Å². The fourth-order valence-corrected chi connectivity index (χ4v) is 1.73. The van der Waals surface area contributed by atoms with Crippen LogP contribution in [0.1, 0.15) is 36.8 Å². The first-order chi connectivity index (χ1) is 7.06. The highest BCUT2D eigenvalue weighted by molar-refractivity contribution is 6.31. The topological polar surface area (TPSA) is 17.1 Å². The highest BCUT2D eigenvalue weighted by Gasteiger charge is 2.13. The molecule has 0 saturated carbocycles. The Morgan fingerprint density at radius 3 is 2.60 bits per heavy atom. The van der Waals surface area contributed by atoms with Gasteiger partial charge in [0.05, 0.1) is 0 Å². The minimum atomic E-state index is -2.52. The number of carbonyl (C=O) groups is 1. The SMILES string of the molecule is CC(CC=O)c1ccc(C(F)F)cc1Cl. The molecule has 1 atom stereocenters. The summed E-state index contributed by atoms with van der Waals surface area (Å²) in [5, 5.41) is 0.294. The second-order valence-electron chi connectivity index (χ2n) is 3.39. The second-order valence-corrected chi connectivity index (χ2v) is 3.79. The van der Waals surface area contributed by atoms with Gasteiger partial charge < -0.3 is 4.79 Å². The van der Waals surface area contributed by atoms with E-state index < -0.39 is 6.43 Å². The van der Waals surface area contributed by atoms with Gasteiger partial charge in [-0.05, 0) is 17.5 Å². The molecule has 1 aromatic carbocycles. The third-order valence-electron chi connectivity index (χ3n) is 2.26. The van der Waals surface area contributed by atoms with Gasteiger partial charge in [-0.3, -0.25) is 0 Å². The van der Waals surface area contributed by atoms with E-state index >= 15 is 0 Å². The summed E-state index contributed by atoms with van der Waals surface area (Å²) in [4.78, 5) is 10.3. The van der Waals surface area contributed by atoms with Crippen molar-refractivity contribution in [2.45, 2.75) is 25.7 Å². The summed E-state index contributed by atoms with van der Waals surface area (Å²) in [6, 6.07) is 4.15. The molecule has 82 valence electrons. The minimum Gasteiger partial charge on any atom is -0.303 e. The standard InChI is InChI=1S/C11H11ClF2O/c1-7(4-5-15)9-3-2-8(11(13)14)6-10(9)12/h2-3,5-7,11H,4H2,1H3. The van der Waals surface area contributed by atoms with Crippen molar-refractivity contribution < 1.29 is 13.6 Å². The van der Waals surface area contributed by atoms with Crippen molar-refractivity contribution in [2.24, 2.45) is 0 Å². The largest absolute Gasteiger partial charge is 0.303 e. The molecule has 0 N–H and O–H groups in total. The summed E-state index contributed by atoms with van der Waals surface area (Å²) in [6.07, 6.45) is -1.38. The molecule has 15 heavy (non-hydrogen) atoms. The zero-order valence-electron chi connectivity index (χ0n) is 8.21. The Hall–Kier alpha value is -0.960. The zero-order chi connectivity index (χ0) is 11.4. The van der Waals surface area contributed by atoms with Gasteiger partial charge in [-0.15, -0.1) is 0 Å². The first-order valence-electron chi connectivity index (χ1n) is 4.57. The van der Waals surface area contributed by atoms with E-state index in [-0.39, 0.29) is 11.5 Å². The lowest BCUT2D eigenvalue weighted by Gasteiger charge is -2.11. The van der Waals surface area contributed by atoms with E-state index in [2.05, 4.69) is 0 Å². The highest BCUT2D eigenvalue weighted by atomic mass is 35.5. The summed E-state index contributed by atoms with van der Waals surface area (Å²) in [5.41, 5.74) is 0.634. The Morgan fingerprint density at radius 2 is 2.13 bits per heavy atom. The summed E-state index contributed by atoms with van der Waals surface area (Å²) in [5.74, 6) is -0.0401. The molecule has 0 aliphatic rings. The molecule has 4 heteroatoms. The van der Waals surface area contributed by atoms with Crippen LogP contribution in [0.5, 0.6) is 0 Å². The van der Waals surface area contributed by atoms with Crippen LogP contribution in [0.3, 0.4) is 0 Å². The maximum atomic E-state index is 12.3. The van der Waals surface area contributed by atoms with Crippen LogP contribution in [-0.2, 0) is 4.79 Å². The molecule has 1 aromatic rings. The molecule has 0 saturated heterocycles. The van der Waals surface area contributed by atoms with Crippen LogP contribution < -0.4 is 0 Å². The molecule has 0 radical (unpaired) electrons. The van der Waals surface area contributed by atoms with Gasteiger partial charge in [0, 0.05) is 17.0 Å². The van der Waals surface area contributed by atoms with Gasteiger partial charge in [0.2, 0.25) is 0 Å². The number of rotatable bonds is 4. The lowest BCUT2D eigenvalue weighted by atomic mass is 9.97. The number of hydrogen-bond donors (Lipinski definition) is 0. The molecular weight excluding hydrogens is 222 g/mol. The monoisotopic (exact) mass is 232 g/mol. The molecule has 0 amide bonds. The Labute approximate surface area is 92.1 Å². The maximum Gasteiger partial charge on any atom is 0.263 e. The molecular formula is C11H11ClF2O. The molecule has 0 bridgehead atoms. The van der Waals surface area contributed by atoms with Crippen LogP contribution in [0.25, 0.3) is 0 Å². The molecule has 1 nitrogen and oxygen atoms in total. The highest BCUT2D eigenvalue weighted by Crippen LogP contribution is 2.30. The van der Waals surface area contributed by atoms with Crippen molar-refractivity contribution >= 4 is 17.9 Å². The summed E-state index contributed by atoms with van der Waals surface area (Å²) in [7, 11) is 0. The average molecular weight is 233 g/mol. The fourth-order valence-electron chi connectivity index (χ4n) is 1.35. The number of alkyl halides is 2. The van der Waals surface area contributed by atoms with E-state index in [1.165, 1.54) is 12.1 Å². The van der Waals surface area contributed by atoms with Gasteiger partial charge in [0.1, 0.15) is 6.29 Å². The van der Waals surface area contributed by atoms with Crippen molar-refractivity contribution in [2.75, 3.05) is 0 Å². The van der Waals surface area contributed by atoms with E-state index in [0.717, 1.165) is 11.8 Å². The van der Waals surface area contributed by atoms with Crippen LogP contribution in [0.2, 0.25) is 5.02 Å². The van der Waals surface area contributed by atoms with E-state index in [1.54, 1.807) is 6.07 Å². The van der Waals surface area contributed by atoms with Crippen LogP contribution in [0, 0.1) is 0 Å². The van der Waals surface area contributed by atoms with Crippen molar-refractivity contribution in [3.05, 3.63) is 34.3 Å². The average Bonchev–Trinajstić information content (AvgIpc) is 2.17. The van der Waals surface area contributed by atoms with Crippen molar-refractivity contribution in [1.29, 1.82) is 0 Å². The molecule has 1 unspecified atom stereocenters. The van der Waals surface area contributed by atoms with Crippen LogP contribution in [0.15, 0.2) is 18.2 Å². The van der Waals surface area contributed by atoms with Crippen LogP contribution in [-0.4, -0.2) is 6.29 Å². The predicted molar refractivity (Wildman–Crippen MR) is 55.5 cm³/mol. The Balaban J connectivity index is 2.97. The van der Waals surface area contributed by atoms with Crippen LogP contribution in [0.4, 0.5) is 8.78 Å². The summed E-state index contributed by atoms with van der Waals surface area (Å²) >= 11 is 5.85. The normalized spacial score (nSPS) is 12.9. The Kier molecular flexibility index (Phi) is 4.21. The van der Waals surface area contributed by atoms with Crippen LogP contribution >= 0.6 is 11.6 Å². The molecule has 0 fully saturated rings. The number of carbonyl (C=O) groups excluding carboxylic acids is 1. The van der Waals surface area contributed by atoms with Crippen molar-refractivity contribution in [1.82, 2.24) is 0 Å². The lowest BCUT2D eigenvalue weighted by molar-refractivity contribution is -0.108. The Bertz CT molecular complexity index is 352. The molecule has 0 heterocycles. The first-order valence-corrected chi connectivity index (χ1v) is 4.95. The predicted octanol–water partition coefficient (Wildman–Crippen LogP) is 3.97. The third-order valence-corrected chi connectivity index (χ3v) is 2.58. The fraction of sp³-hybridized carbons (Fsp3) is 0.364. The second kappa shape index (κ2) is 5.21. The quantitative estimate of drug-likeness (QED) is 0.718. The van der Waals surface area contributed by atoms with E-state index in [1.807, 2.05) is 6.92 Å². The first kappa shape index (κ1) is 12.1.